The predicted octanol–water partition coefficient (Wildman–Crippen LogP) is 2.85. The van der Waals surface area contributed by atoms with Gasteiger partial charge in [-0.3, -0.25) is 10.1 Å². The number of nitro groups is 1. The molecule has 0 aliphatic heterocycles. The molecule has 0 amide bonds. The maximum atomic E-state index is 11.5. The number of rotatable bonds is 5. The topological polar surface area (TPSA) is 124 Å². The SMILES string of the molecule is CC(C)CN.CC(C)CNc1c([N+](=O)[O-])c2nnnn2c2ccccc12. The molecule has 0 aliphatic rings. The lowest BCUT2D eigenvalue weighted by atomic mass is 10.1. The fourth-order valence-electron chi connectivity index (χ4n) is 2.26. The van der Waals surface area contributed by atoms with E-state index in [4.69, 9.17) is 5.73 Å². The molecule has 9 nitrogen and oxygen atoms in total. The fourth-order valence-corrected chi connectivity index (χ4v) is 2.26. The molecular formula is C17H25N7O2. The van der Waals surface area contributed by atoms with Crippen LogP contribution in [0.5, 0.6) is 0 Å². The lowest BCUT2D eigenvalue weighted by Crippen LogP contribution is -2.11. The molecule has 26 heavy (non-hydrogen) atoms. The predicted molar refractivity (Wildman–Crippen MR) is 102 cm³/mol. The molecule has 0 radical (unpaired) electrons. The van der Waals surface area contributed by atoms with Crippen molar-refractivity contribution >= 4 is 27.9 Å². The van der Waals surface area contributed by atoms with E-state index < -0.39 is 4.92 Å². The number of aromatic nitrogens is 4. The Hall–Kier alpha value is -2.81. The Bertz CT molecular complexity index is 889. The zero-order valence-electron chi connectivity index (χ0n) is 15.5. The second-order valence-electron chi connectivity index (χ2n) is 6.82. The van der Waals surface area contributed by atoms with Gasteiger partial charge in [0, 0.05) is 11.9 Å². The van der Waals surface area contributed by atoms with Crippen molar-refractivity contribution in [2.24, 2.45) is 17.6 Å². The molecule has 3 rings (SSSR count). The van der Waals surface area contributed by atoms with E-state index in [0.717, 1.165) is 17.4 Å². The van der Waals surface area contributed by atoms with Crippen LogP contribution in [-0.2, 0) is 0 Å². The monoisotopic (exact) mass is 359 g/mol. The molecule has 0 unspecified atom stereocenters. The van der Waals surface area contributed by atoms with Gasteiger partial charge in [-0.25, -0.2) is 0 Å². The standard InChI is InChI=1S/C13H14N6O2.C4H11N/c1-8(2)7-14-11-9-5-3-4-6-10(9)18-13(15-16-17-18)12(11)19(20)21;1-4(2)3-5/h3-6,8,14H,7H2,1-2H3;4H,3,5H2,1-2H3. The summed E-state index contributed by atoms with van der Waals surface area (Å²) < 4.78 is 1.40. The lowest BCUT2D eigenvalue weighted by molar-refractivity contribution is -0.382. The van der Waals surface area contributed by atoms with Crippen molar-refractivity contribution in [3.63, 3.8) is 0 Å². The summed E-state index contributed by atoms with van der Waals surface area (Å²) in [5.41, 5.74) is 6.41. The second-order valence-corrected chi connectivity index (χ2v) is 6.82. The van der Waals surface area contributed by atoms with Crippen molar-refractivity contribution in [3.05, 3.63) is 34.4 Å². The molecule has 3 aromatic rings. The maximum absolute atomic E-state index is 11.5. The molecule has 3 N–H and O–H groups in total. The smallest absolute Gasteiger partial charge is 0.339 e. The van der Waals surface area contributed by atoms with Gasteiger partial charge in [0.05, 0.1) is 10.4 Å². The van der Waals surface area contributed by atoms with E-state index >= 15 is 0 Å². The highest BCUT2D eigenvalue weighted by molar-refractivity contribution is 6.00. The Morgan fingerprint density at radius 1 is 1.23 bits per heavy atom. The Morgan fingerprint density at radius 3 is 2.46 bits per heavy atom. The first-order chi connectivity index (χ1) is 12.4. The zero-order valence-corrected chi connectivity index (χ0v) is 15.5. The number of benzene rings is 1. The average Bonchev–Trinajstić information content (AvgIpc) is 3.08. The van der Waals surface area contributed by atoms with Gasteiger partial charge in [-0.15, -0.1) is 5.10 Å². The van der Waals surface area contributed by atoms with Gasteiger partial charge in [0.2, 0.25) is 0 Å². The van der Waals surface area contributed by atoms with Crippen molar-refractivity contribution in [2.45, 2.75) is 27.7 Å². The normalized spacial score (nSPS) is 11.0. The van der Waals surface area contributed by atoms with E-state index in [1.54, 1.807) is 0 Å². The van der Waals surface area contributed by atoms with Crippen molar-refractivity contribution in [1.82, 2.24) is 20.0 Å². The minimum Gasteiger partial charge on any atom is -0.379 e. The van der Waals surface area contributed by atoms with E-state index in [0.29, 0.717) is 24.1 Å². The Morgan fingerprint density at radius 2 is 1.88 bits per heavy atom. The van der Waals surface area contributed by atoms with Crippen LogP contribution in [-0.4, -0.2) is 38.1 Å². The number of nitrogens with two attached hydrogens (primary N) is 1. The van der Waals surface area contributed by atoms with Crippen LogP contribution in [0.1, 0.15) is 27.7 Å². The van der Waals surface area contributed by atoms with Crippen LogP contribution in [0, 0.1) is 22.0 Å². The molecule has 0 spiro atoms. The minimum atomic E-state index is -0.444. The van der Waals surface area contributed by atoms with E-state index in [9.17, 15) is 10.1 Å². The first-order valence-corrected chi connectivity index (χ1v) is 8.57. The number of hydrogen-bond acceptors (Lipinski definition) is 7. The molecule has 0 saturated heterocycles. The number of nitrogens with zero attached hydrogens (tertiary/aromatic N) is 5. The molecule has 0 aliphatic carbocycles. The maximum Gasteiger partial charge on any atom is 0.339 e. The van der Waals surface area contributed by atoms with Crippen LogP contribution in [0.3, 0.4) is 0 Å². The Kier molecular flexibility index (Phi) is 6.40. The minimum absolute atomic E-state index is 0.0978. The van der Waals surface area contributed by atoms with Crippen LogP contribution in [0.25, 0.3) is 16.6 Å². The molecular weight excluding hydrogens is 334 g/mol. The fraction of sp³-hybridized carbons (Fsp3) is 0.471. The van der Waals surface area contributed by atoms with Crippen LogP contribution >= 0.6 is 0 Å². The van der Waals surface area contributed by atoms with Crippen molar-refractivity contribution in [3.8, 4) is 0 Å². The van der Waals surface area contributed by atoms with Gasteiger partial charge in [0.15, 0.2) is 0 Å². The quantitative estimate of drug-likeness (QED) is 0.530. The average molecular weight is 359 g/mol. The molecule has 2 aromatic heterocycles. The van der Waals surface area contributed by atoms with Gasteiger partial charge in [0.25, 0.3) is 5.65 Å². The summed E-state index contributed by atoms with van der Waals surface area (Å²) >= 11 is 0. The summed E-state index contributed by atoms with van der Waals surface area (Å²) in [4.78, 5) is 11.0. The largest absolute Gasteiger partial charge is 0.379 e. The van der Waals surface area contributed by atoms with Gasteiger partial charge in [-0.2, -0.15) is 4.52 Å². The summed E-state index contributed by atoms with van der Waals surface area (Å²) in [5.74, 6) is 1.02. The lowest BCUT2D eigenvalue weighted by Gasteiger charge is -2.12. The van der Waals surface area contributed by atoms with Gasteiger partial charge in [0.1, 0.15) is 5.69 Å². The third-order valence-electron chi connectivity index (χ3n) is 3.66. The molecule has 140 valence electrons. The van der Waals surface area contributed by atoms with E-state index in [-0.39, 0.29) is 11.3 Å². The third-order valence-corrected chi connectivity index (χ3v) is 3.66. The number of pyridine rings is 1. The number of para-hydroxylation sites is 1. The summed E-state index contributed by atoms with van der Waals surface area (Å²) in [6.45, 7) is 9.71. The van der Waals surface area contributed by atoms with E-state index in [2.05, 4.69) is 34.7 Å². The molecule has 0 atom stereocenters. The highest BCUT2D eigenvalue weighted by Crippen LogP contribution is 2.35. The van der Waals surface area contributed by atoms with Gasteiger partial charge in [-0.1, -0.05) is 45.9 Å². The van der Waals surface area contributed by atoms with Gasteiger partial charge >= 0.3 is 5.69 Å². The van der Waals surface area contributed by atoms with Crippen LogP contribution < -0.4 is 11.1 Å². The van der Waals surface area contributed by atoms with Crippen LogP contribution in [0.4, 0.5) is 11.4 Å². The van der Waals surface area contributed by atoms with Crippen LogP contribution in [0.2, 0.25) is 0 Å². The zero-order chi connectivity index (χ0) is 19.3. The molecule has 0 fully saturated rings. The third kappa shape index (κ3) is 4.23. The van der Waals surface area contributed by atoms with E-state index in [1.165, 1.54) is 4.52 Å². The molecule has 2 heterocycles. The highest BCUT2D eigenvalue weighted by Gasteiger charge is 2.25. The first kappa shape index (κ1) is 19.5. The van der Waals surface area contributed by atoms with E-state index in [1.807, 2.05) is 38.1 Å². The summed E-state index contributed by atoms with van der Waals surface area (Å²) in [6, 6.07) is 7.35. The van der Waals surface area contributed by atoms with Gasteiger partial charge < -0.3 is 11.1 Å². The molecule has 9 heteroatoms. The summed E-state index contributed by atoms with van der Waals surface area (Å²) in [5, 5.41) is 26.6. The van der Waals surface area contributed by atoms with Crippen molar-refractivity contribution in [2.75, 3.05) is 18.4 Å². The van der Waals surface area contributed by atoms with Crippen molar-refractivity contribution in [1.29, 1.82) is 0 Å². The second kappa shape index (κ2) is 8.52. The highest BCUT2D eigenvalue weighted by atomic mass is 16.6. The summed E-state index contributed by atoms with van der Waals surface area (Å²) in [6.07, 6.45) is 0. The molecule has 1 aromatic carbocycles. The van der Waals surface area contributed by atoms with Crippen molar-refractivity contribution < 1.29 is 4.92 Å². The van der Waals surface area contributed by atoms with Gasteiger partial charge in [-0.05, 0) is 34.9 Å². The Labute approximate surface area is 151 Å². The molecule has 0 saturated carbocycles. The number of hydrogen-bond donors (Lipinski definition) is 2. The number of tetrazole rings is 1. The number of fused-ring (bicyclic) bond motifs is 3. The Balaban J connectivity index is 0.000000431. The van der Waals surface area contributed by atoms with Crippen LogP contribution in [0.15, 0.2) is 24.3 Å². The summed E-state index contributed by atoms with van der Waals surface area (Å²) in [7, 11) is 0. The molecule has 0 bridgehead atoms. The number of anilines is 1. The number of nitrogens with one attached hydrogen (secondary N) is 1. The first-order valence-electron chi connectivity index (χ1n) is 8.57.